The Hall–Kier alpha value is -2.90. The van der Waals surface area contributed by atoms with Crippen molar-refractivity contribution in [2.75, 3.05) is 9.62 Å². The molecule has 1 aliphatic rings. The lowest BCUT2D eigenvalue weighted by atomic mass is 10.1. The first-order valence-electron chi connectivity index (χ1n) is 9.25. The number of hydrogen-bond donors (Lipinski definition) is 1. The van der Waals surface area contributed by atoms with Gasteiger partial charge in [0.15, 0.2) is 0 Å². The summed E-state index contributed by atoms with van der Waals surface area (Å²) in [5.41, 5.74) is 2.20. The molecule has 8 heteroatoms. The van der Waals surface area contributed by atoms with Crippen LogP contribution in [-0.2, 0) is 16.4 Å². The summed E-state index contributed by atoms with van der Waals surface area (Å²) in [6, 6.07) is 17.1. The molecular formula is C22H18ClFN2O3S. The van der Waals surface area contributed by atoms with E-state index < -0.39 is 15.8 Å². The molecule has 3 aromatic rings. The van der Waals surface area contributed by atoms with E-state index in [1.807, 2.05) is 13.0 Å². The highest BCUT2D eigenvalue weighted by atomic mass is 35.5. The number of halogens is 2. The number of sulfonamides is 1. The van der Waals surface area contributed by atoms with Crippen molar-refractivity contribution in [3.63, 3.8) is 0 Å². The molecule has 5 nitrogen and oxygen atoms in total. The molecule has 30 heavy (non-hydrogen) atoms. The fourth-order valence-corrected chi connectivity index (χ4v) is 4.86. The van der Waals surface area contributed by atoms with Crippen molar-refractivity contribution < 1.29 is 17.6 Å². The molecule has 3 aromatic carbocycles. The second kappa shape index (κ2) is 7.74. The third-order valence-electron chi connectivity index (χ3n) is 4.99. The summed E-state index contributed by atoms with van der Waals surface area (Å²) in [6.07, 6.45) is 0.541. The zero-order chi connectivity index (χ0) is 21.5. The van der Waals surface area contributed by atoms with Crippen LogP contribution >= 0.6 is 11.6 Å². The largest absolute Gasteiger partial charge is 0.305 e. The first kappa shape index (κ1) is 20.4. The minimum absolute atomic E-state index is 0.0582. The van der Waals surface area contributed by atoms with Crippen molar-refractivity contribution in [3.8, 4) is 0 Å². The van der Waals surface area contributed by atoms with Crippen LogP contribution in [0.5, 0.6) is 0 Å². The SMILES string of the molecule is C[C@@H]1Cc2cc(S(=O)(=O)Nc3ccc(F)c(Cl)c3)ccc2N1C(=O)c1ccccc1. The fraction of sp³-hybridized carbons (Fsp3) is 0.136. The standard InChI is InChI=1S/C22H18ClFN2O3S/c1-14-11-16-12-18(30(28,29)25-17-7-9-20(24)19(23)13-17)8-10-21(16)26(14)22(27)15-5-3-2-4-6-15/h2-10,12-14,25H,11H2,1H3/t14-/m1/s1. The summed E-state index contributed by atoms with van der Waals surface area (Å²) in [7, 11) is -3.91. The Kier molecular flexibility index (Phi) is 5.26. The molecule has 0 unspecified atom stereocenters. The highest BCUT2D eigenvalue weighted by Crippen LogP contribution is 2.35. The lowest BCUT2D eigenvalue weighted by Crippen LogP contribution is -2.35. The maximum atomic E-state index is 13.3. The molecule has 1 heterocycles. The molecule has 1 atom stereocenters. The number of nitrogens with one attached hydrogen (secondary N) is 1. The second-order valence-corrected chi connectivity index (χ2v) is 9.21. The summed E-state index contributed by atoms with van der Waals surface area (Å²) in [5.74, 6) is -0.758. The lowest BCUT2D eigenvalue weighted by Gasteiger charge is -2.23. The van der Waals surface area contributed by atoms with E-state index in [0.29, 0.717) is 17.7 Å². The van der Waals surface area contributed by atoms with E-state index in [-0.39, 0.29) is 27.6 Å². The Balaban J connectivity index is 1.63. The topological polar surface area (TPSA) is 66.5 Å². The van der Waals surface area contributed by atoms with Crippen molar-refractivity contribution >= 4 is 38.9 Å². The molecule has 0 fully saturated rings. The van der Waals surface area contributed by atoms with Crippen LogP contribution in [0.25, 0.3) is 0 Å². The third-order valence-corrected chi connectivity index (χ3v) is 6.66. The second-order valence-electron chi connectivity index (χ2n) is 7.12. The number of nitrogens with zero attached hydrogens (tertiary/aromatic N) is 1. The third kappa shape index (κ3) is 3.78. The molecule has 0 spiro atoms. The number of rotatable bonds is 4. The van der Waals surface area contributed by atoms with Crippen molar-refractivity contribution in [2.45, 2.75) is 24.3 Å². The molecule has 0 saturated carbocycles. The van der Waals surface area contributed by atoms with Gasteiger partial charge in [-0.3, -0.25) is 9.52 Å². The van der Waals surface area contributed by atoms with Crippen molar-refractivity contribution in [2.24, 2.45) is 0 Å². The van der Waals surface area contributed by atoms with Gasteiger partial charge < -0.3 is 4.90 Å². The number of benzene rings is 3. The van der Waals surface area contributed by atoms with Gasteiger partial charge in [-0.25, -0.2) is 12.8 Å². The molecule has 0 saturated heterocycles. The van der Waals surface area contributed by atoms with Crippen molar-refractivity contribution in [1.82, 2.24) is 0 Å². The Morgan fingerprint density at radius 2 is 1.83 bits per heavy atom. The quantitative estimate of drug-likeness (QED) is 0.624. The highest BCUT2D eigenvalue weighted by molar-refractivity contribution is 7.92. The molecular weight excluding hydrogens is 427 g/mol. The number of fused-ring (bicyclic) bond motifs is 1. The van der Waals surface area contributed by atoms with Crippen molar-refractivity contribution in [3.05, 3.63) is 88.7 Å². The smallest absolute Gasteiger partial charge is 0.261 e. The average Bonchev–Trinajstić information content (AvgIpc) is 3.05. The fourth-order valence-electron chi connectivity index (χ4n) is 3.58. The summed E-state index contributed by atoms with van der Waals surface area (Å²) in [5, 5.41) is -0.173. The Labute approximate surface area is 179 Å². The minimum atomic E-state index is -3.91. The molecule has 1 N–H and O–H groups in total. The van der Waals surface area contributed by atoms with Crippen LogP contribution in [0.2, 0.25) is 5.02 Å². The maximum Gasteiger partial charge on any atom is 0.261 e. The van der Waals surface area contributed by atoms with Gasteiger partial charge in [0.1, 0.15) is 5.82 Å². The Bertz CT molecular complexity index is 1230. The van der Waals surface area contributed by atoms with E-state index in [2.05, 4.69) is 4.72 Å². The number of carbonyl (C=O) groups excluding carboxylic acids is 1. The molecule has 1 amide bonds. The Morgan fingerprint density at radius 1 is 1.10 bits per heavy atom. The monoisotopic (exact) mass is 444 g/mol. The molecule has 0 aromatic heterocycles. The zero-order valence-electron chi connectivity index (χ0n) is 16.0. The van der Waals surface area contributed by atoms with Gasteiger partial charge in [-0.1, -0.05) is 29.8 Å². The number of carbonyl (C=O) groups is 1. The van der Waals surface area contributed by atoms with Crippen LogP contribution in [0.15, 0.2) is 71.6 Å². The van der Waals surface area contributed by atoms with Gasteiger partial charge in [0, 0.05) is 17.3 Å². The molecule has 0 bridgehead atoms. The summed E-state index contributed by atoms with van der Waals surface area (Å²) < 4.78 is 41.3. The van der Waals surface area contributed by atoms with Crippen LogP contribution in [0, 0.1) is 5.82 Å². The first-order chi connectivity index (χ1) is 14.3. The van der Waals surface area contributed by atoms with Gasteiger partial charge in [0.2, 0.25) is 0 Å². The minimum Gasteiger partial charge on any atom is -0.305 e. The van der Waals surface area contributed by atoms with Crippen LogP contribution in [0.4, 0.5) is 15.8 Å². The van der Waals surface area contributed by atoms with E-state index >= 15 is 0 Å². The zero-order valence-corrected chi connectivity index (χ0v) is 17.5. The van der Waals surface area contributed by atoms with Gasteiger partial charge in [-0.2, -0.15) is 0 Å². The van der Waals surface area contributed by atoms with E-state index in [9.17, 15) is 17.6 Å². The maximum absolute atomic E-state index is 13.3. The summed E-state index contributed by atoms with van der Waals surface area (Å²) >= 11 is 5.73. The van der Waals surface area contributed by atoms with E-state index in [0.717, 1.165) is 11.6 Å². The molecule has 4 rings (SSSR count). The summed E-state index contributed by atoms with van der Waals surface area (Å²) in [4.78, 5) is 14.7. The predicted octanol–water partition coefficient (Wildman–Crippen LogP) is 4.87. The van der Waals surface area contributed by atoms with Gasteiger partial charge in [0.05, 0.1) is 15.6 Å². The predicted molar refractivity (Wildman–Crippen MR) is 115 cm³/mol. The van der Waals surface area contributed by atoms with Crippen LogP contribution < -0.4 is 9.62 Å². The van der Waals surface area contributed by atoms with Crippen LogP contribution in [-0.4, -0.2) is 20.4 Å². The number of amides is 1. The highest BCUT2D eigenvalue weighted by Gasteiger charge is 2.32. The Morgan fingerprint density at radius 3 is 2.53 bits per heavy atom. The summed E-state index contributed by atoms with van der Waals surface area (Å²) in [6.45, 7) is 1.92. The molecule has 154 valence electrons. The average molecular weight is 445 g/mol. The van der Waals surface area contributed by atoms with E-state index in [4.69, 9.17) is 11.6 Å². The van der Waals surface area contributed by atoms with Gasteiger partial charge in [0.25, 0.3) is 15.9 Å². The first-order valence-corrected chi connectivity index (χ1v) is 11.1. The number of hydrogen-bond acceptors (Lipinski definition) is 3. The van der Waals surface area contributed by atoms with Crippen molar-refractivity contribution in [1.29, 1.82) is 0 Å². The van der Waals surface area contributed by atoms with Gasteiger partial charge in [-0.05, 0) is 67.4 Å². The van der Waals surface area contributed by atoms with Gasteiger partial charge in [-0.15, -0.1) is 0 Å². The lowest BCUT2D eigenvalue weighted by molar-refractivity contribution is 0.0981. The number of anilines is 2. The van der Waals surface area contributed by atoms with Gasteiger partial charge >= 0.3 is 0 Å². The van der Waals surface area contributed by atoms with Crippen LogP contribution in [0.1, 0.15) is 22.8 Å². The van der Waals surface area contributed by atoms with Crippen LogP contribution in [0.3, 0.4) is 0 Å². The molecule has 1 aliphatic heterocycles. The van der Waals surface area contributed by atoms with E-state index in [1.54, 1.807) is 41.3 Å². The molecule has 0 aliphatic carbocycles. The normalized spacial score (nSPS) is 15.7. The van der Waals surface area contributed by atoms with E-state index in [1.165, 1.54) is 18.2 Å². The molecule has 0 radical (unpaired) electrons.